The second kappa shape index (κ2) is 4.88. The molecule has 1 aromatic carbocycles. The van der Waals surface area contributed by atoms with Gasteiger partial charge in [-0.2, -0.15) is 0 Å². The molecular formula is C15H15NO3. The molecule has 2 aliphatic carbocycles. The fourth-order valence-corrected chi connectivity index (χ4v) is 3.07. The summed E-state index contributed by atoms with van der Waals surface area (Å²) in [4.78, 5) is 22.7. The van der Waals surface area contributed by atoms with Crippen LogP contribution in [0.5, 0.6) is 0 Å². The second-order valence-electron chi connectivity index (χ2n) is 5.05. The van der Waals surface area contributed by atoms with Gasteiger partial charge < -0.3 is 10.1 Å². The van der Waals surface area contributed by atoms with Crippen molar-refractivity contribution in [2.45, 2.75) is 18.9 Å². The van der Waals surface area contributed by atoms with Crippen molar-refractivity contribution in [2.75, 3.05) is 5.32 Å². The fraction of sp³-hybridized carbons (Fsp3) is 0.333. The molecule has 0 saturated heterocycles. The number of carbonyl (C=O) groups is 2. The van der Waals surface area contributed by atoms with E-state index >= 15 is 0 Å². The van der Waals surface area contributed by atoms with Crippen LogP contribution in [0.15, 0.2) is 42.0 Å². The first-order valence-electron chi connectivity index (χ1n) is 6.45. The third kappa shape index (κ3) is 2.26. The molecule has 0 heterocycles. The van der Waals surface area contributed by atoms with Crippen molar-refractivity contribution in [3.63, 3.8) is 0 Å². The molecule has 3 atom stereocenters. The van der Waals surface area contributed by atoms with Gasteiger partial charge in [0.2, 0.25) is 0 Å². The van der Waals surface area contributed by atoms with E-state index in [-0.39, 0.29) is 17.9 Å². The van der Waals surface area contributed by atoms with E-state index in [0.717, 1.165) is 24.1 Å². The molecule has 4 nitrogen and oxygen atoms in total. The molecule has 19 heavy (non-hydrogen) atoms. The lowest BCUT2D eigenvalue weighted by Gasteiger charge is -2.21. The highest BCUT2D eigenvalue weighted by Crippen LogP contribution is 2.45. The normalized spacial score (nSPS) is 27.8. The van der Waals surface area contributed by atoms with E-state index in [1.807, 2.05) is 36.4 Å². The van der Waals surface area contributed by atoms with Gasteiger partial charge in [-0.3, -0.25) is 9.59 Å². The lowest BCUT2D eigenvalue weighted by molar-refractivity contribution is -0.135. The Morgan fingerprint density at radius 1 is 1.26 bits per heavy atom. The maximum absolute atomic E-state index is 12.2. The van der Waals surface area contributed by atoms with E-state index < -0.39 is 0 Å². The Balaban J connectivity index is 1.71. The summed E-state index contributed by atoms with van der Waals surface area (Å²) < 4.78 is 5.07. The van der Waals surface area contributed by atoms with Gasteiger partial charge in [-0.15, -0.1) is 0 Å². The number of allylic oxidation sites excluding steroid dienone is 1. The van der Waals surface area contributed by atoms with Crippen LogP contribution in [0.25, 0.3) is 0 Å². The van der Waals surface area contributed by atoms with Crippen molar-refractivity contribution in [1.82, 2.24) is 0 Å². The number of para-hydroxylation sites is 1. The average molecular weight is 257 g/mol. The van der Waals surface area contributed by atoms with Crippen LogP contribution in [0, 0.1) is 11.8 Å². The lowest BCUT2D eigenvalue weighted by atomic mass is 9.95. The minimum absolute atomic E-state index is 0.0545. The number of carbonyl (C=O) groups excluding carboxylic acids is 2. The molecular weight excluding hydrogens is 242 g/mol. The van der Waals surface area contributed by atoms with E-state index in [1.165, 1.54) is 0 Å². The quantitative estimate of drug-likeness (QED) is 0.841. The summed E-state index contributed by atoms with van der Waals surface area (Å²) in [6, 6.07) is 9.36. The number of rotatable bonds is 4. The predicted octanol–water partition coefficient (Wildman–Crippen LogP) is 2.13. The van der Waals surface area contributed by atoms with Crippen molar-refractivity contribution < 1.29 is 14.3 Å². The fourth-order valence-electron chi connectivity index (χ4n) is 3.07. The Hall–Kier alpha value is -2.10. The molecule has 1 amide bonds. The first-order chi connectivity index (χ1) is 9.28. The zero-order valence-corrected chi connectivity index (χ0v) is 10.4. The first kappa shape index (κ1) is 12.0. The van der Waals surface area contributed by atoms with Crippen LogP contribution in [-0.4, -0.2) is 18.5 Å². The number of ether oxygens (including phenoxy) is 1. The monoisotopic (exact) mass is 257 g/mol. The van der Waals surface area contributed by atoms with Crippen molar-refractivity contribution in [3.8, 4) is 0 Å². The number of amides is 1. The number of hydrogen-bond donors (Lipinski definition) is 1. The van der Waals surface area contributed by atoms with Gasteiger partial charge >= 0.3 is 0 Å². The Bertz CT molecular complexity index is 523. The van der Waals surface area contributed by atoms with Crippen molar-refractivity contribution >= 4 is 18.1 Å². The summed E-state index contributed by atoms with van der Waals surface area (Å²) in [6.45, 7) is 0.484. The Morgan fingerprint density at radius 2 is 2.05 bits per heavy atom. The van der Waals surface area contributed by atoms with Gasteiger partial charge in [-0.05, 0) is 30.9 Å². The number of anilines is 1. The van der Waals surface area contributed by atoms with Crippen LogP contribution in [0.3, 0.4) is 0 Å². The molecule has 0 aromatic heterocycles. The highest BCUT2D eigenvalue weighted by molar-refractivity contribution is 6.04. The molecule has 3 rings (SSSR count). The van der Waals surface area contributed by atoms with E-state index in [9.17, 15) is 9.59 Å². The van der Waals surface area contributed by atoms with E-state index in [2.05, 4.69) is 5.32 Å². The van der Waals surface area contributed by atoms with Gasteiger partial charge in [-0.25, -0.2) is 0 Å². The number of fused-ring (bicyclic) bond motifs is 2. The van der Waals surface area contributed by atoms with Crippen LogP contribution in [0.4, 0.5) is 5.69 Å². The van der Waals surface area contributed by atoms with Crippen LogP contribution in [-0.2, 0) is 14.3 Å². The molecule has 4 heteroatoms. The smallest absolute Gasteiger partial charge is 0.293 e. The molecule has 98 valence electrons. The maximum atomic E-state index is 12.2. The van der Waals surface area contributed by atoms with E-state index in [0.29, 0.717) is 12.4 Å². The van der Waals surface area contributed by atoms with Crippen molar-refractivity contribution in [2.24, 2.45) is 11.8 Å². The largest absolute Gasteiger partial charge is 0.464 e. The minimum Gasteiger partial charge on any atom is -0.464 e. The number of benzene rings is 1. The molecule has 0 spiro atoms. The first-order valence-corrected chi connectivity index (χ1v) is 6.45. The highest BCUT2D eigenvalue weighted by atomic mass is 16.5. The van der Waals surface area contributed by atoms with E-state index in [1.54, 1.807) is 0 Å². The Labute approximate surface area is 111 Å². The highest BCUT2D eigenvalue weighted by Gasteiger charge is 2.44. The summed E-state index contributed by atoms with van der Waals surface area (Å²) in [5, 5.41) is 2.88. The van der Waals surface area contributed by atoms with Gasteiger partial charge in [0.25, 0.3) is 12.4 Å². The Morgan fingerprint density at radius 3 is 2.74 bits per heavy atom. The molecule has 0 radical (unpaired) electrons. The van der Waals surface area contributed by atoms with Gasteiger partial charge in [0.05, 0.1) is 0 Å². The van der Waals surface area contributed by atoms with Gasteiger partial charge in [0.1, 0.15) is 6.10 Å². The summed E-state index contributed by atoms with van der Waals surface area (Å²) in [6.07, 6.45) is 3.64. The third-order valence-electron chi connectivity index (χ3n) is 3.88. The maximum Gasteiger partial charge on any atom is 0.293 e. The van der Waals surface area contributed by atoms with Crippen LogP contribution in [0.2, 0.25) is 0 Å². The van der Waals surface area contributed by atoms with E-state index in [4.69, 9.17) is 4.74 Å². The second-order valence-corrected chi connectivity index (χ2v) is 5.05. The molecule has 1 aromatic rings. The van der Waals surface area contributed by atoms with Crippen LogP contribution < -0.4 is 5.32 Å². The summed E-state index contributed by atoms with van der Waals surface area (Å²) in [5.74, 6) is 0.336. The van der Waals surface area contributed by atoms with Crippen molar-refractivity contribution in [3.05, 3.63) is 42.0 Å². The molecule has 0 aliphatic heterocycles. The zero-order chi connectivity index (χ0) is 13.2. The zero-order valence-electron chi connectivity index (χ0n) is 10.4. The summed E-state index contributed by atoms with van der Waals surface area (Å²) in [5.41, 5.74) is 1.54. The molecule has 1 N–H and O–H groups in total. The third-order valence-corrected chi connectivity index (χ3v) is 3.88. The van der Waals surface area contributed by atoms with Gasteiger partial charge in [0, 0.05) is 17.2 Å². The molecule has 1 fully saturated rings. The predicted molar refractivity (Wildman–Crippen MR) is 70.3 cm³/mol. The summed E-state index contributed by atoms with van der Waals surface area (Å²) >= 11 is 0. The van der Waals surface area contributed by atoms with Crippen LogP contribution >= 0.6 is 0 Å². The topological polar surface area (TPSA) is 55.4 Å². The molecule has 2 aliphatic rings. The number of nitrogens with one attached hydrogen (secondary N) is 1. The summed E-state index contributed by atoms with van der Waals surface area (Å²) in [7, 11) is 0. The molecule has 3 unspecified atom stereocenters. The molecule has 1 saturated carbocycles. The number of hydrogen-bond acceptors (Lipinski definition) is 3. The van der Waals surface area contributed by atoms with Gasteiger partial charge in [-0.1, -0.05) is 24.3 Å². The van der Waals surface area contributed by atoms with Gasteiger partial charge in [0.15, 0.2) is 0 Å². The minimum atomic E-state index is -0.135. The molecule has 2 bridgehead atoms. The standard InChI is InChI=1S/C15H15NO3/c17-9-19-14-8-10-6-12(14)13(7-10)15(18)16-11-4-2-1-3-5-11/h1-5,7,9-10,12,14H,6,8H2,(H,16,18). The SMILES string of the molecule is O=COC1CC2C=C(C(=O)Nc3ccccc3)C1C2. The van der Waals surface area contributed by atoms with Crippen LogP contribution in [0.1, 0.15) is 12.8 Å². The van der Waals surface area contributed by atoms with Crippen molar-refractivity contribution in [1.29, 1.82) is 0 Å². The Kier molecular flexibility index (Phi) is 3.07. The lowest BCUT2D eigenvalue weighted by Crippen LogP contribution is -2.27. The average Bonchev–Trinajstić information content (AvgIpc) is 3.00.